The van der Waals surface area contributed by atoms with Crippen molar-refractivity contribution in [3.8, 4) is 0 Å². The van der Waals surface area contributed by atoms with E-state index in [-0.39, 0.29) is 42.0 Å². The van der Waals surface area contributed by atoms with Gasteiger partial charge in [-0.05, 0) is 57.3 Å². The SMILES string of the molecule is C.CN.NCC1CCC(Nc2nc3cc(F)ccc3o2)CC1.O.O.S.[HH].[HH].[HH]. The third-order valence-corrected chi connectivity index (χ3v) is 3.86. The molecule has 1 heterocycles. The molecule has 1 aromatic heterocycles. The molecule has 1 aliphatic carbocycles. The minimum Gasteiger partial charge on any atom is -0.424 e. The highest BCUT2D eigenvalue weighted by Crippen LogP contribution is 2.27. The van der Waals surface area contributed by atoms with Gasteiger partial charge in [-0.15, -0.1) is 0 Å². The van der Waals surface area contributed by atoms with Crippen molar-refractivity contribution < 1.29 is 24.0 Å². The van der Waals surface area contributed by atoms with Crippen molar-refractivity contribution in [2.75, 3.05) is 18.9 Å². The molecule has 25 heavy (non-hydrogen) atoms. The summed E-state index contributed by atoms with van der Waals surface area (Å²) in [5.41, 5.74) is 11.3. The Morgan fingerprint density at radius 1 is 1.24 bits per heavy atom. The van der Waals surface area contributed by atoms with Crippen LogP contribution in [0.4, 0.5) is 10.4 Å². The highest BCUT2D eigenvalue weighted by Gasteiger charge is 2.21. The van der Waals surface area contributed by atoms with E-state index in [1.807, 2.05) is 0 Å². The molecule has 3 rings (SSSR count). The first kappa shape index (κ1) is 28.4. The minimum atomic E-state index is -0.296. The second kappa shape index (κ2) is 13.9. The Labute approximate surface area is 159 Å². The fraction of sp³-hybridized carbons (Fsp3) is 0.562. The molecule has 0 spiro atoms. The van der Waals surface area contributed by atoms with Gasteiger partial charge in [-0.3, -0.25) is 0 Å². The molecule has 7 nitrogen and oxygen atoms in total. The Bertz CT molecular complexity index is 591. The molecule has 154 valence electrons. The molecule has 9 heteroatoms. The first-order chi connectivity index (χ1) is 10.2. The van der Waals surface area contributed by atoms with E-state index in [2.05, 4.69) is 16.0 Å². The van der Waals surface area contributed by atoms with Crippen LogP contribution in [0.2, 0.25) is 0 Å². The normalized spacial score (nSPS) is 18.2. The van der Waals surface area contributed by atoms with Crippen molar-refractivity contribution in [3.63, 3.8) is 0 Å². The average molecular weight is 387 g/mol. The van der Waals surface area contributed by atoms with Crippen LogP contribution in [0.1, 0.15) is 37.4 Å². The molecule has 0 amide bonds. The molecule has 0 bridgehead atoms. The highest BCUT2D eigenvalue weighted by molar-refractivity contribution is 7.59. The number of oxazole rings is 1. The Hall–Kier alpha value is -1.39. The average Bonchev–Trinajstić information content (AvgIpc) is 2.91. The first-order valence-electron chi connectivity index (χ1n) is 7.35. The zero-order valence-corrected chi connectivity index (χ0v) is 14.8. The Morgan fingerprint density at radius 3 is 2.40 bits per heavy atom. The molecule has 1 saturated carbocycles. The summed E-state index contributed by atoms with van der Waals surface area (Å²) in [7, 11) is 1.50. The third kappa shape index (κ3) is 7.57. The molecule has 0 unspecified atom stereocenters. The molecule has 1 aromatic carbocycles. The molecule has 1 aliphatic rings. The number of hydrogen-bond donors (Lipinski definition) is 3. The standard InChI is InChI=1S/C14H18FN3O.CH5N.CH4.2H2O.H2S.3H2/c15-10-3-6-13-12(7-10)18-14(19-13)17-11-4-1-9(8-16)2-5-11;1-2;;;;;;;/h3,6-7,9,11H,1-2,4-5,8,16H2,(H,17,18);2H2,1H3;1H4;3*1H2;3*1H. The van der Waals surface area contributed by atoms with Crippen LogP contribution in [0, 0.1) is 11.7 Å². The lowest BCUT2D eigenvalue weighted by Gasteiger charge is -2.27. The molecular formula is C16H39FN4O3S. The van der Waals surface area contributed by atoms with Crippen LogP contribution in [0.25, 0.3) is 11.1 Å². The van der Waals surface area contributed by atoms with Gasteiger partial charge in [0, 0.05) is 16.4 Å². The summed E-state index contributed by atoms with van der Waals surface area (Å²) >= 11 is 0. The van der Waals surface area contributed by atoms with E-state index in [0.717, 1.165) is 32.2 Å². The van der Waals surface area contributed by atoms with E-state index in [0.29, 0.717) is 29.1 Å². The van der Waals surface area contributed by atoms with Gasteiger partial charge in [0.25, 0.3) is 6.01 Å². The van der Waals surface area contributed by atoms with Gasteiger partial charge in [-0.2, -0.15) is 18.5 Å². The van der Waals surface area contributed by atoms with E-state index in [4.69, 9.17) is 10.2 Å². The number of benzene rings is 1. The lowest BCUT2D eigenvalue weighted by molar-refractivity contribution is 0.341. The van der Waals surface area contributed by atoms with Gasteiger partial charge in [0.15, 0.2) is 5.58 Å². The Kier molecular flexibility index (Phi) is 15.7. The fourth-order valence-corrected chi connectivity index (χ4v) is 2.68. The predicted octanol–water partition coefficient (Wildman–Crippen LogP) is 2.31. The Balaban J connectivity index is -0.000000130. The van der Waals surface area contributed by atoms with Gasteiger partial charge in [-0.25, -0.2) is 4.39 Å². The largest absolute Gasteiger partial charge is 0.424 e. The van der Waals surface area contributed by atoms with Gasteiger partial charge in [0.05, 0.1) is 0 Å². The van der Waals surface area contributed by atoms with E-state index in [1.165, 1.54) is 19.2 Å². The second-order valence-corrected chi connectivity index (χ2v) is 5.23. The van der Waals surface area contributed by atoms with E-state index < -0.39 is 0 Å². The number of aromatic nitrogens is 1. The predicted molar refractivity (Wildman–Crippen MR) is 113 cm³/mol. The summed E-state index contributed by atoms with van der Waals surface area (Å²) in [5.74, 6) is 0.353. The number of anilines is 1. The Morgan fingerprint density at radius 2 is 1.84 bits per heavy atom. The minimum absolute atomic E-state index is 0. The summed E-state index contributed by atoms with van der Waals surface area (Å²) in [6.07, 6.45) is 4.44. The monoisotopic (exact) mass is 386 g/mol. The fourth-order valence-electron chi connectivity index (χ4n) is 2.68. The van der Waals surface area contributed by atoms with Gasteiger partial charge in [0.2, 0.25) is 0 Å². The molecule has 9 N–H and O–H groups in total. The number of fused-ring (bicyclic) bond motifs is 1. The first-order valence-corrected chi connectivity index (χ1v) is 7.35. The van der Waals surface area contributed by atoms with Crippen LogP contribution in [0.3, 0.4) is 0 Å². The van der Waals surface area contributed by atoms with Crippen molar-refractivity contribution in [2.24, 2.45) is 17.4 Å². The molecule has 0 aliphatic heterocycles. The van der Waals surface area contributed by atoms with Crippen molar-refractivity contribution >= 4 is 30.6 Å². The molecule has 0 saturated heterocycles. The molecule has 0 radical (unpaired) electrons. The maximum absolute atomic E-state index is 13.1. The molecule has 2 aromatic rings. The van der Waals surface area contributed by atoms with Crippen LogP contribution in [0.15, 0.2) is 22.6 Å². The van der Waals surface area contributed by atoms with Crippen LogP contribution in [-0.2, 0) is 0 Å². The maximum Gasteiger partial charge on any atom is 0.295 e. The number of nitrogens with two attached hydrogens (primary N) is 2. The quantitative estimate of drug-likeness (QED) is 0.738. The van der Waals surface area contributed by atoms with Crippen molar-refractivity contribution in [3.05, 3.63) is 24.0 Å². The maximum atomic E-state index is 13.1. The number of nitrogens with zero attached hydrogens (tertiary/aromatic N) is 1. The molecular weight excluding hydrogens is 347 g/mol. The summed E-state index contributed by atoms with van der Waals surface area (Å²) in [5, 5.41) is 3.29. The lowest BCUT2D eigenvalue weighted by Crippen LogP contribution is -2.29. The van der Waals surface area contributed by atoms with Gasteiger partial charge < -0.3 is 32.2 Å². The number of rotatable bonds is 3. The smallest absolute Gasteiger partial charge is 0.295 e. The van der Waals surface area contributed by atoms with Crippen LogP contribution in [0.5, 0.6) is 0 Å². The summed E-state index contributed by atoms with van der Waals surface area (Å²) in [4.78, 5) is 4.26. The van der Waals surface area contributed by atoms with Crippen LogP contribution < -0.4 is 16.8 Å². The third-order valence-electron chi connectivity index (χ3n) is 3.86. The van der Waals surface area contributed by atoms with Crippen molar-refractivity contribution in [1.82, 2.24) is 4.98 Å². The highest BCUT2D eigenvalue weighted by atomic mass is 32.1. The van der Waals surface area contributed by atoms with E-state index in [1.54, 1.807) is 6.07 Å². The topological polar surface area (TPSA) is 153 Å². The summed E-state index contributed by atoms with van der Waals surface area (Å²) in [6, 6.07) is 5.23. The van der Waals surface area contributed by atoms with Crippen molar-refractivity contribution in [1.29, 1.82) is 0 Å². The number of halogens is 1. The molecule has 1 fully saturated rings. The summed E-state index contributed by atoms with van der Waals surface area (Å²) < 4.78 is 18.6. The second-order valence-electron chi connectivity index (χ2n) is 5.23. The molecule has 0 atom stereocenters. The van der Waals surface area contributed by atoms with Crippen molar-refractivity contribution in [2.45, 2.75) is 39.2 Å². The number of hydrogen-bond acceptors (Lipinski definition) is 5. The van der Waals surface area contributed by atoms with Gasteiger partial charge in [0.1, 0.15) is 11.3 Å². The number of nitrogens with one attached hydrogen (secondary N) is 1. The van der Waals surface area contributed by atoms with Gasteiger partial charge >= 0.3 is 0 Å². The zero-order valence-electron chi connectivity index (χ0n) is 13.8. The van der Waals surface area contributed by atoms with Gasteiger partial charge in [-0.1, -0.05) is 7.43 Å². The summed E-state index contributed by atoms with van der Waals surface area (Å²) in [6.45, 7) is 0.773. The van der Waals surface area contributed by atoms with E-state index in [9.17, 15) is 4.39 Å². The van der Waals surface area contributed by atoms with Crippen LogP contribution in [-0.4, -0.2) is 35.6 Å². The lowest BCUT2D eigenvalue weighted by atomic mass is 9.86. The van der Waals surface area contributed by atoms with Crippen LogP contribution >= 0.6 is 13.5 Å². The van der Waals surface area contributed by atoms with E-state index >= 15 is 0 Å². The zero-order chi connectivity index (χ0) is 15.2.